The molecule has 2 aliphatic rings. The molecule has 5 nitrogen and oxygen atoms in total. The van der Waals surface area contributed by atoms with Gasteiger partial charge in [-0.3, -0.25) is 4.79 Å². The summed E-state index contributed by atoms with van der Waals surface area (Å²) in [5.74, 6) is 0.101. The Kier molecular flexibility index (Phi) is 2.98. The van der Waals surface area contributed by atoms with Crippen LogP contribution in [0.1, 0.15) is 6.92 Å². The Balaban J connectivity index is 1.56. The van der Waals surface area contributed by atoms with E-state index in [2.05, 4.69) is 10.3 Å². The van der Waals surface area contributed by atoms with Gasteiger partial charge in [0.2, 0.25) is 5.88 Å². The van der Waals surface area contributed by atoms with Crippen molar-refractivity contribution in [2.75, 3.05) is 13.7 Å². The van der Waals surface area contributed by atoms with E-state index >= 15 is 0 Å². The van der Waals surface area contributed by atoms with Crippen molar-refractivity contribution in [2.45, 2.75) is 18.6 Å². The minimum Gasteiger partial charge on any atom is -0.497 e. The number of carbonyl (C=O) groups is 1. The van der Waals surface area contributed by atoms with Crippen molar-refractivity contribution in [3.05, 3.63) is 30.5 Å². The number of piperidine rings is 1. The molecule has 1 saturated heterocycles. The Morgan fingerprint density at radius 1 is 1.39 bits per heavy atom. The highest BCUT2D eigenvalue weighted by Gasteiger charge is 2.75. The summed E-state index contributed by atoms with van der Waals surface area (Å²) in [6, 6.07) is 7.21. The first-order valence-corrected chi connectivity index (χ1v) is 7.61. The second-order valence-electron chi connectivity index (χ2n) is 6.18. The predicted octanol–water partition coefficient (Wildman–Crippen LogP) is 2.09. The first-order valence-electron chi connectivity index (χ1n) is 7.61. The lowest BCUT2D eigenvalue weighted by Crippen LogP contribution is -2.38. The third-order valence-corrected chi connectivity index (χ3v) is 5.01. The number of amides is 1. The van der Waals surface area contributed by atoms with Gasteiger partial charge in [-0.2, -0.15) is 0 Å². The quantitative estimate of drug-likeness (QED) is 0.938. The molecule has 1 aliphatic heterocycles. The highest BCUT2D eigenvalue weighted by molar-refractivity contribution is 5.93. The van der Waals surface area contributed by atoms with E-state index in [-0.39, 0.29) is 24.5 Å². The van der Waals surface area contributed by atoms with Crippen LogP contribution >= 0.6 is 0 Å². The summed E-state index contributed by atoms with van der Waals surface area (Å²) in [7, 11) is 1.60. The van der Waals surface area contributed by atoms with Crippen LogP contribution in [0, 0.1) is 11.8 Å². The SMILES string of the molecule is COc1ccc2ccnc(OC[C@H]3NC(=O)[C@@]4(F)[C@H]3[C@H]4C)c2c1. The number of pyridine rings is 1. The average molecular weight is 316 g/mol. The lowest BCUT2D eigenvalue weighted by molar-refractivity contribution is -0.126. The van der Waals surface area contributed by atoms with Gasteiger partial charge in [-0.15, -0.1) is 0 Å². The molecule has 2 heterocycles. The van der Waals surface area contributed by atoms with Crippen LogP contribution < -0.4 is 14.8 Å². The van der Waals surface area contributed by atoms with E-state index in [1.165, 1.54) is 0 Å². The van der Waals surface area contributed by atoms with Crippen LogP contribution in [0.3, 0.4) is 0 Å². The Labute approximate surface area is 132 Å². The Hall–Kier alpha value is -2.37. The van der Waals surface area contributed by atoms with Gasteiger partial charge in [0, 0.05) is 23.4 Å². The topological polar surface area (TPSA) is 60.5 Å². The van der Waals surface area contributed by atoms with Crippen molar-refractivity contribution >= 4 is 16.7 Å². The zero-order valence-corrected chi connectivity index (χ0v) is 12.9. The predicted molar refractivity (Wildman–Crippen MR) is 82.2 cm³/mol. The van der Waals surface area contributed by atoms with Crippen molar-refractivity contribution in [1.82, 2.24) is 10.3 Å². The maximum absolute atomic E-state index is 14.3. The summed E-state index contributed by atoms with van der Waals surface area (Å²) >= 11 is 0. The standard InChI is InChI=1S/C17H17FN2O3/c1-9-14-13(20-16(21)17(9,14)18)8-23-15-12-7-11(22-2)4-3-10(12)5-6-19-15/h3-7,9,13-14H,8H2,1-2H3,(H,20,21)/t9-,13-,14+,17+/m1/s1. The maximum atomic E-state index is 14.3. The minimum atomic E-state index is -1.70. The van der Waals surface area contributed by atoms with Crippen LogP contribution in [0.25, 0.3) is 10.8 Å². The van der Waals surface area contributed by atoms with Gasteiger partial charge in [0.25, 0.3) is 5.91 Å². The molecule has 23 heavy (non-hydrogen) atoms. The molecular formula is C17H17FN2O3. The number of ether oxygens (including phenoxy) is 2. The highest BCUT2D eigenvalue weighted by Crippen LogP contribution is 2.59. The van der Waals surface area contributed by atoms with Crippen LogP contribution in [-0.4, -0.2) is 36.3 Å². The monoisotopic (exact) mass is 316 g/mol. The third-order valence-electron chi connectivity index (χ3n) is 5.01. The smallest absolute Gasteiger partial charge is 0.258 e. The molecule has 6 heteroatoms. The lowest BCUT2D eigenvalue weighted by atomic mass is 10.1. The minimum absolute atomic E-state index is 0.204. The van der Waals surface area contributed by atoms with Gasteiger partial charge in [0.1, 0.15) is 12.4 Å². The highest BCUT2D eigenvalue weighted by atomic mass is 19.1. The van der Waals surface area contributed by atoms with Crippen LogP contribution in [0.4, 0.5) is 4.39 Å². The summed E-state index contributed by atoms with van der Waals surface area (Å²) in [5.41, 5.74) is -1.70. The van der Waals surface area contributed by atoms with E-state index in [1.54, 1.807) is 20.2 Å². The molecule has 0 radical (unpaired) electrons. The molecule has 2 aromatic rings. The summed E-state index contributed by atoms with van der Waals surface area (Å²) in [6.45, 7) is 1.97. The number of fused-ring (bicyclic) bond motifs is 2. The van der Waals surface area contributed by atoms with Gasteiger partial charge in [-0.25, -0.2) is 9.37 Å². The molecular weight excluding hydrogens is 299 g/mol. The number of alkyl halides is 1. The number of benzene rings is 1. The molecule has 1 aromatic heterocycles. The van der Waals surface area contributed by atoms with Gasteiger partial charge in [0.05, 0.1) is 13.2 Å². The molecule has 120 valence electrons. The van der Waals surface area contributed by atoms with Gasteiger partial charge in [0.15, 0.2) is 5.67 Å². The summed E-state index contributed by atoms with van der Waals surface area (Å²) in [6.07, 6.45) is 1.66. The van der Waals surface area contributed by atoms with Crippen molar-refractivity contribution in [1.29, 1.82) is 0 Å². The van der Waals surface area contributed by atoms with E-state index in [4.69, 9.17) is 9.47 Å². The fourth-order valence-corrected chi connectivity index (χ4v) is 3.60. The molecule has 0 spiro atoms. The van der Waals surface area contributed by atoms with E-state index in [1.807, 2.05) is 24.3 Å². The fraction of sp³-hybridized carbons (Fsp3) is 0.412. The van der Waals surface area contributed by atoms with Crippen molar-refractivity contribution in [2.24, 2.45) is 11.8 Å². The summed E-state index contributed by atoms with van der Waals surface area (Å²) < 4.78 is 25.3. The molecule has 1 aromatic carbocycles. The molecule has 1 amide bonds. The van der Waals surface area contributed by atoms with Crippen LogP contribution in [0.2, 0.25) is 0 Å². The van der Waals surface area contributed by atoms with E-state index in [0.29, 0.717) is 11.6 Å². The largest absolute Gasteiger partial charge is 0.497 e. The molecule has 0 unspecified atom stereocenters. The second kappa shape index (κ2) is 4.81. The van der Waals surface area contributed by atoms with Gasteiger partial charge in [-0.1, -0.05) is 13.0 Å². The number of rotatable bonds is 4. The number of methoxy groups -OCH3 is 1. The van der Waals surface area contributed by atoms with Crippen molar-refractivity contribution < 1.29 is 18.7 Å². The van der Waals surface area contributed by atoms with Crippen LogP contribution in [0.5, 0.6) is 11.6 Å². The zero-order chi connectivity index (χ0) is 16.2. The number of hydrogen-bond acceptors (Lipinski definition) is 4. The number of nitrogens with zero attached hydrogens (tertiary/aromatic N) is 1. The third kappa shape index (κ3) is 1.97. The molecule has 4 atom stereocenters. The van der Waals surface area contributed by atoms with E-state index < -0.39 is 11.6 Å². The average Bonchev–Trinajstić information content (AvgIpc) is 3.01. The van der Waals surface area contributed by atoms with Crippen molar-refractivity contribution in [3.8, 4) is 11.6 Å². The Bertz CT molecular complexity index is 797. The maximum Gasteiger partial charge on any atom is 0.258 e. The Morgan fingerprint density at radius 2 is 2.22 bits per heavy atom. The van der Waals surface area contributed by atoms with E-state index in [9.17, 15) is 9.18 Å². The number of nitrogens with one attached hydrogen (secondary N) is 1. The lowest BCUT2D eigenvalue weighted by Gasteiger charge is -2.15. The molecule has 1 saturated carbocycles. The normalized spacial score (nSPS) is 31.6. The van der Waals surface area contributed by atoms with Crippen LogP contribution in [0.15, 0.2) is 30.5 Å². The zero-order valence-electron chi connectivity index (χ0n) is 12.9. The van der Waals surface area contributed by atoms with Gasteiger partial charge in [-0.05, 0) is 23.6 Å². The molecule has 0 bridgehead atoms. The first kappa shape index (κ1) is 14.2. The Morgan fingerprint density at radius 3 is 2.91 bits per heavy atom. The van der Waals surface area contributed by atoms with Gasteiger partial charge < -0.3 is 14.8 Å². The second-order valence-corrected chi connectivity index (χ2v) is 6.18. The van der Waals surface area contributed by atoms with Crippen molar-refractivity contribution in [3.63, 3.8) is 0 Å². The number of carbonyl (C=O) groups excluding carboxylic acids is 1. The molecule has 4 rings (SSSR count). The number of halogens is 1. The summed E-state index contributed by atoms with van der Waals surface area (Å²) in [4.78, 5) is 15.9. The molecule has 1 N–H and O–H groups in total. The molecule has 1 aliphatic carbocycles. The first-order chi connectivity index (χ1) is 11.1. The van der Waals surface area contributed by atoms with Crippen LogP contribution in [-0.2, 0) is 4.79 Å². The molecule has 2 fully saturated rings. The number of aromatic nitrogens is 1. The van der Waals surface area contributed by atoms with E-state index in [0.717, 1.165) is 10.8 Å². The van der Waals surface area contributed by atoms with Gasteiger partial charge >= 0.3 is 0 Å². The summed E-state index contributed by atoms with van der Waals surface area (Å²) in [5, 5.41) is 4.48. The fourth-order valence-electron chi connectivity index (χ4n) is 3.60. The number of hydrogen-bond donors (Lipinski definition) is 1.